The van der Waals surface area contributed by atoms with Gasteiger partial charge in [0.1, 0.15) is 0 Å². The Morgan fingerprint density at radius 1 is 1.37 bits per heavy atom. The molecule has 0 aliphatic heterocycles. The van der Waals surface area contributed by atoms with Crippen LogP contribution in [0.3, 0.4) is 0 Å². The van der Waals surface area contributed by atoms with Crippen molar-refractivity contribution in [2.75, 3.05) is 12.4 Å². The molecule has 1 unspecified atom stereocenters. The number of nitrogens with one attached hydrogen (secondary N) is 1. The van der Waals surface area contributed by atoms with E-state index in [1.54, 1.807) is 0 Å². The van der Waals surface area contributed by atoms with E-state index in [9.17, 15) is 4.79 Å². The van der Waals surface area contributed by atoms with E-state index in [2.05, 4.69) is 12.2 Å². The van der Waals surface area contributed by atoms with Crippen LogP contribution in [-0.4, -0.2) is 19.1 Å². The molecule has 0 bridgehead atoms. The second-order valence-electron chi connectivity index (χ2n) is 5.45. The summed E-state index contributed by atoms with van der Waals surface area (Å²) in [7, 11) is 1.42. The van der Waals surface area contributed by atoms with E-state index >= 15 is 0 Å². The summed E-state index contributed by atoms with van der Waals surface area (Å²) in [6.45, 7) is 4.20. The van der Waals surface area contributed by atoms with Crippen molar-refractivity contribution in [1.82, 2.24) is 0 Å². The first kappa shape index (κ1) is 13.9. The monoisotopic (exact) mass is 261 g/mol. The lowest BCUT2D eigenvalue weighted by Gasteiger charge is -2.23. The number of hydrogen-bond donors (Lipinski definition) is 1. The van der Waals surface area contributed by atoms with Gasteiger partial charge in [0.25, 0.3) is 0 Å². The Balaban J connectivity index is 2.13. The van der Waals surface area contributed by atoms with Crippen LogP contribution in [0.1, 0.15) is 48.5 Å². The molecule has 1 aromatic carbocycles. The molecule has 104 valence electrons. The average molecular weight is 261 g/mol. The summed E-state index contributed by atoms with van der Waals surface area (Å²) in [5, 5.41) is 3.56. The number of carbonyl (C=O) groups excluding carboxylic acids is 1. The van der Waals surface area contributed by atoms with Gasteiger partial charge in [0.15, 0.2) is 0 Å². The van der Waals surface area contributed by atoms with Gasteiger partial charge in [-0.25, -0.2) is 4.79 Å². The van der Waals surface area contributed by atoms with Crippen LogP contribution in [0.5, 0.6) is 0 Å². The molecule has 0 spiro atoms. The van der Waals surface area contributed by atoms with E-state index < -0.39 is 0 Å². The van der Waals surface area contributed by atoms with Crippen molar-refractivity contribution in [2.24, 2.45) is 5.92 Å². The van der Waals surface area contributed by atoms with Crippen molar-refractivity contribution in [3.8, 4) is 0 Å². The number of hydrogen-bond acceptors (Lipinski definition) is 3. The molecular formula is C16H23NO2. The Bertz CT molecular complexity index is 450. The van der Waals surface area contributed by atoms with Crippen molar-refractivity contribution in [1.29, 1.82) is 0 Å². The van der Waals surface area contributed by atoms with Gasteiger partial charge in [0.05, 0.1) is 12.7 Å². The van der Waals surface area contributed by atoms with Crippen LogP contribution in [0.15, 0.2) is 18.2 Å². The van der Waals surface area contributed by atoms with Crippen molar-refractivity contribution in [3.63, 3.8) is 0 Å². The highest BCUT2D eigenvalue weighted by Crippen LogP contribution is 2.30. The number of methoxy groups -OCH3 is 1. The number of esters is 1. The summed E-state index contributed by atoms with van der Waals surface area (Å²) in [4.78, 5) is 11.7. The second kappa shape index (κ2) is 6.09. The summed E-state index contributed by atoms with van der Waals surface area (Å²) < 4.78 is 4.81. The summed E-state index contributed by atoms with van der Waals surface area (Å²) in [6, 6.07) is 6.21. The van der Waals surface area contributed by atoms with Crippen LogP contribution in [0.2, 0.25) is 0 Å². The van der Waals surface area contributed by atoms with Crippen LogP contribution in [-0.2, 0) is 4.74 Å². The molecule has 1 N–H and O–H groups in total. The second-order valence-corrected chi connectivity index (χ2v) is 5.45. The van der Waals surface area contributed by atoms with E-state index in [1.807, 2.05) is 25.1 Å². The first-order chi connectivity index (χ1) is 9.13. The summed E-state index contributed by atoms with van der Waals surface area (Å²) >= 11 is 0. The quantitative estimate of drug-likeness (QED) is 0.838. The van der Waals surface area contributed by atoms with Gasteiger partial charge in [-0.1, -0.05) is 18.9 Å². The maximum atomic E-state index is 11.7. The Morgan fingerprint density at radius 3 is 2.68 bits per heavy atom. The summed E-state index contributed by atoms with van der Waals surface area (Å²) in [5.41, 5.74) is 2.66. The average Bonchev–Trinajstić information content (AvgIpc) is 2.94. The first-order valence-corrected chi connectivity index (χ1v) is 7.08. The van der Waals surface area contributed by atoms with Crippen molar-refractivity contribution in [3.05, 3.63) is 29.3 Å². The molecule has 1 aliphatic rings. The van der Waals surface area contributed by atoms with Crippen LogP contribution >= 0.6 is 0 Å². The number of ether oxygens (including phenoxy) is 1. The molecule has 0 heterocycles. The fraction of sp³-hybridized carbons (Fsp3) is 0.562. The fourth-order valence-electron chi connectivity index (χ4n) is 2.94. The standard InChI is InChI=1S/C16H23NO2/c1-11-14(16(18)19-3)9-6-10-15(11)17-12(2)13-7-4-5-8-13/h6,9-10,12-13,17H,4-5,7-8H2,1-3H3. The lowest BCUT2D eigenvalue weighted by molar-refractivity contribution is 0.0600. The van der Waals surface area contributed by atoms with Gasteiger partial charge >= 0.3 is 5.97 Å². The molecule has 0 aromatic heterocycles. The predicted molar refractivity (Wildman–Crippen MR) is 77.6 cm³/mol. The van der Waals surface area contributed by atoms with Crippen LogP contribution in [0, 0.1) is 12.8 Å². The van der Waals surface area contributed by atoms with E-state index in [0.29, 0.717) is 11.6 Å². The molecule has 1 fully saturated rings. The molecule has 3 nitrogen and oxygen atoms in total. The molecule has 0 amide bonds. The largest absolute Gasteiger partial charge is 0.465 e. The maximum absolute atomic E-state index is 11.7. The van der Waals surface area contributed by atoms with Gasteiger partial charge in [-0.2, -0.15) is 0 Å². The molecule has 1 saturated carbocycles. The van der Waals surface area contributed by atoms with Crippen LogP contribution in [0.4, 0.5) is 5.69 Å². The molecule has 19 heavy (non-hydrogen) atoms. The summed E-state index contributed by atoms with van der Waals surface area (Å²) in [6.07, 6.45) is 5.31. The highest BCUT2D eigenvalue weighted by atomic mass is 16.5. The van der Waals surface area contributed by atoms with Crippen LogP contribution < -0.4 is 5.32 Å². The van der Waals surface area contributed by atoms with E-state index in [1.165, 1.54) is 32.8 Å². The Hall–Kier alpha value is -1.51. The number of rotatable bonds is 4. The molecule has 1 atom stereocenters. The molecule has 1 aliphatic carbocycles. The fourth-order valence-corrected chi connectivity index (χ4v) is 2.94. The number of carbonyl (C=O) groups is 1. The third kappa shape index (κ3) is 3.09. The van der Waals surface area contributed by atoms with Crippen molar-refractivity contribution >= 4 is 11.7 Å². The van der Waals surface area contributed by atoms with Gasteiger partial charge < -0.3 is 10.1 Å². The highest BCUT2D eigenvalue weighted by Gasteiger charge is 2.22. The highest BCUT2D eigenvalue weighted by molar-refractivity contribution is 5.92. The number of anilines is 1. The lowest BCUT2D eigenvalue weighted by atomic mass is 9.98. The smallest absolute Gasteiger partial charge is 0.338 e. The third-order valence-electron chi connectivity index (χ3n) is 4.23. The molecular weight excluding hydrogens is 238 g/mol. The van der Waals surface area contributed by atoms with Crippen LogP contribution in [0.25, 0.3) is 0 Å². The van der Waals surface area contributed by atoms with E-state index in [4.69, 9.17) is 4.74 Å². The van der Waals surface area contributed by atoms with E-state index in [-0.39, 0.29) is 5.97 Å². The lowest BCUT2D eigenvalue weighted by Crippen LogP contribution is -2.24. The minimum Gasteiger partial charge on any atom is -0.465 e. The SMILES string of the molecule is COC(=O)c1cccc(NC(C)C2CCCC2)c1C. The van der Waals surface area contributed by atoms with Gasteiger partial charge in [-0.3, -0.25) is 0 Å². The zero-order chi connectivity index (χ0) is 13.8. The van der Waals surface area contributed by atoms with Crippen molar-refractivity contribution in [2.45, 2.75) is 45.6 Å². The van der Waals surface area contributed by atoms with Gasteiger partial charge in [0.2, 0.25) is 0 Å². The zero-order valence-electron chi connectivity index (χ0n) is 12.0. The topological polar surface area (TPSA) is 38.3 Å². The Labute approximate surface area is 115 Å². The predicted octanol–water partition coefficient (Wildman–Crippen LogP) is 3.77. The van der Waals surface area contributed by atoms with Crippen molar-refractivity contribution < 1.29 is 9.53 Å². The Kier molecular flexibility index (Phi) is 4.46. The minimum absolute atomic E-state index is 0.269. The zero-order valence-corrected chi connectivity index (χ0v) is 12.0. The molecule has 0 saturated heterocycles. The van der Waals surface area contributed by atoms with E-state index in [0.717, 1.165) is 17.2 Å². The molecule has 3 heteroatoms. The molecule has 1 aromatic rings. The first-order valence-electron chi connectivity index (χ1n) is 7.08. The maximum Gasteiger partial charge on any atom is 0.338 e. The normalized spacial score (nSPS) is 17.2. The number of benzene rings is 1. The van der Waals surface area contributed by atoms with Gasteiger partial charge in [-0.05, 0) is 50.3 Å². The Morgan fingerprint density at radius 2 is 2.05 bits per heavy atom. The third-order valence-corrected chi connectivity index (χ3v) is 4.23. The summed E-state index contributed by atoms with van der Waals surface area (Å²) in [5.74, 6) is 0.482. The van der Waals surface area contributed by atoms with Gasteiger partial charge in [-0.15, -0.1) is 0 Å². The molecule has 2 rings (SSSR count). The molecule has 0 radical (unpaired) electrons. The van der Waals surface area contributed by atoms with Gasteiger partial charge in [0, 0.05) is 11.7 Å². The minimum atomic E-state index is -0.269.